The summed E-state index contributed by atoms with van der Waals surface area (Å²) >= 11 is 0. The van der Waals surface area contributed by atoms with Gasteiger partial charge in [0.15, 0.2) is 47.4 Å². The summed E-state index contributed by atoms with van der Waals surface area (Å²) in [4.78, 5) is 0. The lowest BCUT2D eigenvalue weighted by Crippen LogP contribution is -2.56. The summed E-state index contributed by atoms with van der Waals surface area (Å²) in [6, 6.07) is 0. The van der Waals surface area contributed by atoms with Crippen LogP contribution < -0.4 is 0 Å². The number of fused-ring (bicyclic) bond motifs is 5. The predicted molar refractivity (Wildman–Crippen MR) is 204 cm³/mol. The number of ether oxygens (including phenoxy) is 14. The van der Waals surface area contributed by atoms with E-state index in [1.165, 1.54) is 7.11 Å². The number of hydrogen-bond donors (Lipinski definition) is 0. The molecule has 0 saturated carbocycles. The van der Waals surface area contributed by atoms with Crippen LogP contribution in [0.4, 0.5) is 0 Å². The lowest BCUT2D eigenvalue weighted by atomic mass is 9.99. The number of methoxy groups -OCH3 is 1. The Morgan fingerprint density at radius 1 is 0.517 bits per heavy atom. The van der Waals surface area contributed by atoms with Crippen molar-refractivity contribution in [1.29, 1.82) is 0 Å². The second-order valence-electron chi connectivity index (χ2n) is 18.6. The molecule has 8 fully saturated rings. The molecule has 346 valence electrons. The molecule has 0 aromatic carbocycles. The van der Waals surface area contributed by atoms with Crippen LogP contribution in [0.1, 0.15) is 82.6 Å². The molecule has 0 amide bonds. The molecule has 60 heavy (non-hydrogen) atoms. The van der Waals surface area contributed by atoms with Gasteiger partial charge in [-0.25, -0.2) is 0 Å². The zero-order valence-corrected chi connectivity index (χ0v) is 38.4. The first kappa shape index (κ1) is 46.3. The van der Waals surface area contributed by atoms with Crippen molar-refractivity contribution in [2.24, 2.45) is 0 Å². The average molecular weight is 903 g/mol. The van der Waals surface area contributed by atoms with Gasteiger partial charge >= 0.3 is 15.2 Å². The van der Waals surface area contributed by atoms with E-state index in [0.29, 0.717) is 6.61 Å². The van der Waals surface area contributed by atoms with Gasteiger partial charge in [0.1, 0.15) is 67.1 Å². The first-order chi connectivity index (χ1) is 27.9. The van der Waals surface area contributed by atoms with Gasteiger partial charge in [0, 0.05) is 13.5 Å². The third kappa shape index (κ3) is 9.80. The first-order valence-corrected chi connectivity index (χ1v) is 24.4. The Hall–Kier alpha value is -0.260. The Morgan fingerprint density at radius 3 is 1.60 bits per heavy atom. The molecular weight excluding hydrogens is 838 g/mol. The van der Waals surface area contributed by atoms with Crippen LogP contribution in [0.25, 0.3) is 0 Å². The van der Waals surface area contributed by atoms with Crippen LogP contribution in [0.15, 0.2) is 0 Å². The fourth-order valence-corrected chi connectivity index (χ4v) is 13.9. The summed E-state index contributed by atoms with van der Waals surface area (Å²) in [5.41, 5.74) is 0. The molecule has 20 nitrogen and oxygen atoms in total. The summed E-state index contributed by atoms with van der Waals surface area (Å²) in [5, 5.41) is 0. The average Bonchev–Trinajstić information content (AvgIpc) is 3.98. The maximum absolute atomic E-state index is 15.1. The molecule has 8 heterocycles. The smallest absolute Gasteiger partial charge is 0.342 e. The van der Waals surface area contributed by atoms with E-state index in [2.05, 4.69) is 0 Å². The minimum Gasteiger partial charge on any atom is -0.366 e. The molecule has 8 rings (SSSR count). The Bertz CT molecular complexity index is 1640. The molecule has 8 aliphatic rings. The summed E-state index contributed by atoms with van der Waals surface area (Å²) < 4.78 is 140. The van der Waals surface area contributed by atoms with Gasteiger partial charge in [0.2, 0.25) is 0 Å². The molecule has 8 saturated heterocycles. The molecule has 0 aromatic heterocycles. The molecular formula is C38H64O20P2. The van der Waals surface area contributed by atoms with E-state index in [0.717, 1.165) is 0 Å². The second kappa shape index (κ2) is 16.6. The van der Waals surface area contributed by atoms with E-state index >= 15 is 4.57 Å². The number of rotatable bonds is 16. The molecule has 22 heteroatoms. The first-order valence-electron chi connectivity index (χ1n) is 20.9. The zero-order valence-electron chi connectivity index (χ0n) is 36.6. The van der Waals surface area contributed by atoms with Gasteiger partial charge in [0.05, 0.1) is 39.1 Å². The summed E-state index contributed by atoms with van der Waals surface area (Å²) in [6.45, 7) is 19.2. The fourth-order valence-electron chi connectivity index (χ4n) is 9.25. The molecule has 16 atom stereocenters. The van der Waals surface area contributed by atoms with Crippen LogP contribution in [0.3, 0.4) is 0 Å². The van der Waals surface area contributed by atoms with Crippen LogP contribution in [0.5, 0.6) is 0 Å². The van der Waals surface area contributed by atoms with Crippen LogP contribution in [-0.2, 0) is 93.5 Å². The highest BCUT2D eigenvalue weighted by atomic mass is 31.2. The van der Waals surface area contributed by atoms with Gasteiger partial charge in [-0.3, -0.25) is 9.13 Å². The van der Waals surface area contributed by atoms with Crippen LogP contribution >= 0.6 is 15.2 Å². The molecule has 0 bridgehead atoms. The SMILES string of the molecule is CCOP(=O)(CP(=O)(OC[C@H]1O[C@@H]2OC(C)(C)O[C@@H]2[C@H]2OC(C)(C)O[C@H]21)OC[C@H]1O[C@@H](OC)[C@@H]2OC(C)(C)O[C@@H]21)OCC[C@@H]1O[C@H]([C@H]2COC(C)(C)O2)[C@@H]2OC(C)(C)O[C@@H]21. The van der Waals surface area contributed by atoms with Crippen molar-refractivity contribution < 1.29 is 93.5 Å². The monoisotopic (exact) mass is 902 g/mol. The largest absolute Gasteiger partial charge is 0.366 e. The van der Waals surface area contributed by atoms with Crippen molar-refractivity contribution in [3.63, 3.8) is 0 Å². The van der Waals surface area contributed by atoms with Crippen LogP contribution in [0.2, 0.25) is 0 Å². The molecule has 0 aromatic rings. The van der Waals surface area contributed by atoms with Gasteiger partial charge in [-0.2, -0.15) is 0 Å². The highest BCUT2D eigenvalue weighted by Gasteiger charge is 2.62. The van der Waals surface area contributed by atoms with Crippen LogP contribution in [0, 0.1) is 0 Å². The molecule has 0 spiro atoms. The van der Waals surface area contributed by atoms with Crippen molar-refractivity contribution in [3.05, 3.63) is 0 Å². The van der Waals surface area contributed by atoms with Gasteiger partial charge in [-0.05, 0) is 76.2 Å². The predicted octanol–water partition coefficient (Wildman–Crippen LogP) is 4.53. The molecule has 0 N–H and O–H groups in total. The Balaban J connectivity index is 0.983. The van der Waals surface area contributed by atoms with Crippen molar-refractivity contribution in [1.82, 2.24) is 0 Å². The topological polar surface area (TPSA) is 200 Å². The van der Waals surface area contributed by atoms with Crippen molar-refractivity contribution >= 4 is 15.2 Å². The molecule has 0 radical (unpaired) electrons. The van der Waals surface area contributed by atoms with Crippen LogP contribution in [-0.4, -0.2) is 161 Å². The third-order valence-electron chi connectivity index (χ3n) is 11.4. The minimum absolute atomic E-state index is 0.0266. The Kier molecular flexibility index (Phi) is 12.8. The summed E-state index contributed by atoms with van der Waals surface area (Å²) in [6.07, 6.45) is -8.43. The van der Waals surface area contributed by atoms with Gasteiger partial charge in [0.25, 0.3) is 0 Å². The highest BCUT2D eigenvalue weighted by molar-refractivity contribution is 7.71. The molecule has 2 unspecified atom stereocenters. The summed E-state index contributed by atoms with van der Waals surface area (Å²) in [7, 11) is -7.16. The van der Waals surface area contributed by atoms with E-state index in [4.69, 9.17) is 84.4 Å². The Labute approximate surface area is 351 Å². The fraction of sp³-hybridized carbons (Fsp3) is 1.00. The maximum atomic E-state index is 15.1. The van der Waals surface area contributed by atoms with E-state index in [9.17, 15) is 4.57 Å². The summed E-state index contributed by atoms with van der Waals surface area (Å²) in [5.74, 6) is -5.27. The number of hydrogen-bond acceptors (Lipinski definition) is 20. The highest BCUT2D eigenvalue weighted by Crippen LogP contribution is 2.65. The maximum Gasteiger partial charge on any atom is 0.342 e. The molecule has 0 aliphatic carbocycles. The quantitative estimate of drug-likeness (QED) is 0.195. The van der Waals surface area contributed by atoms with E-state index in [1.807, 2.05) is 27.7 Å². The normalized spacial score (nSPS) is 44.9. The second-order valence-corrected chi connectivity index (χ2v) is 23.2. The van der Waals surface area contributed by atoms with Gasteiger partial charge in [-0.1, -0.05) is 0 Å². The standard InChI is InChI=1S/C38H64O20P2/c1-13-43-59(39,44-15-14-20-25-28(54-35(4,5)51-25)24(47-20)23-16-42-34(2,3)50-23)19-60(40,46-18-22-27-30(32(41-12)48-22)56-37(8,9)53-27)45-17-21-26-29(55-36(6,7)52-26)31-33(49-21)58-38(10,11)57-31/h20-33H,13-19H2,1-12H3/t20-,21+,22+,23+,24+,25+,26-,27+,28-,29-,30+,31+,32+,33+,59?,60?/m0/s1. The van der Waals surface area contributed by atoms with Crippen molar-refractivity contribution in [3.8, 4) is 0 Å². The van der Waals surface area contributed by atoms with E-state index in [-0.39, 0.29) is 32.8 Å². The van der Waals surface area contributed by atoms with E-state index < -0.39 is 136 Å². The van der Waals surface area contributed by atoms with Crippen molar-refractivity contribution in [2.45, 2.75) is 197 Å². The Morgan fingerprint density at radius 2 is 1.02 bits per heavy atom. The zero-order chi connectivity index (χ0) is 43.3. The van der Waals surface area contributed by atoms with Gasteiger partial charge < -0.3 is 84.4 Å². The third-order valence-corrected chi connectivity index (χ3v) is 16.5. The minimum atomic E-state index is -4.43. The molecule has 8 aliphatic heterocycles. The van der Waals surface area contributed by atoms with E-state index in [1.54, 1.807) is 48.5 Å². The lowest BCUT2D eigenvalue weighted by molar-refractivity contribution is -0.239. The van der Waals surface area contributed by atoms with Gasteiger partial charge in [-0.15, -0.1) is 0 Å². The van der Waals surface area contributed by atoms with Crippen molar-refractivity contribution in [2.75, 3.05) is 46.0 Å². The lowest BCUT2D eigenvalue weighted by Gasteiger charge is -2.37.